The minimum absolute atomic E-state index is 0.107. The number of hydrazone groups is 1. The topological polar surface area (TPSA) is 79.8 Å². The molecule has 2 aromatic carbocycles. The van der Waals surface area contributed by atoms with Crippen molar-refractivity contribution in [2.24, 2.45) is 11.0 Å². The summed E-state index contributed by atoms with van der Waals surface area (Å²) < 4.78 is 6.44. The Hall–Kier alpha value is -2.67. The second-order valence-corrected chi connectivity index (χ2v) is 7.83. The van der Waals surface area contributed by atoms with Crippen molar-refractivity contribution < 1.29 is 14.3 Å². The number of amides is 2. The van der Waals surface area contributed by atoms with Crippen LogP contribution in [0.4, 0.5) is 0 Å². The zero-order chi connectivity index (χ0) is 21.4. The zero-order valence-electron chi connectivity index (χ0n) is 17.0. The quantitative estimate of drug-likeness (QED) is 0.461. The van der Waals surface area contributed by atoms with Crippen molar-refractivity contribution in [3.8, 4) is 5.75 Å². The number of nitrogens with zero attached hydrogens (tertiary/aromatic N) is 1. The van der Waals surface area contributed by atoms with Crippen LogP contribution in [0.25, 0.3) is 0 Å². The number of nitrogens with one attached hydrogen (secondary N) is 2. The van der Waals surface area contributed by atoms with E-state index in [0.29, 0.717) is 17.9 Å². The van der Waals surface area contributed by atoms with Crippen molar-refractivity contribution in [3.05, 3.63) is 63.6 Å². The van der Waals surface area contributed by atoms with Gasteiger partial charge in [0.1, 0.15) is 11.8 Å². The highest BCUT2D eigenvalue weighted by Crippen LogP contribution is 2.21. The van der Waals surface area contributed by atoms with Gasteiger partial charge in [-0.2, -0.15) is 5.10 Å². The predicted octanol–water partition coefficient (Wildman–Crippen LogP) is 4.06. The van der Waals surface area contributed by atoms with Gasteiger partial charge in [-0.1, -0.05) is 47.5 Å². The Morgan fingerprint density at radius 2 is 1.86 bits per heavy atom. The van der Waals surface area contributed by atoms with E-state index >= 15 is 0 Å². The first kappa shape index (κ1) is 22.6. The highest BCUT2D eigenvalue weighted by Gasteiger charge is 2.24. The van der Waals surface area contributed by atoms with Crippen LogP contribution in [0.3, 0.4) is 0 Å². The number of aryl methyl sites for hydroxylation is 1. The number of carbonyl (C=O) groups is 2. The van der Waals surface area contributed by atoms with Crippen LogP contribution in [0, 0.1) is 12.8 Å². The van der Waals surface area contributed by atoms with Gasteiger partial charge in [-0.3, -0.25) is 9.59 Å². The molecule has 0 aromatic heterocycles. The summed E-state index contributed by atoms with van der Waals surface area (Å²) in [6.45, 7) is 8.10. The molecule has 1 unspecified atom stereocenters. The van der Waals surface area contributed by atoms with Crippen LogP contribution in [-0.2, 0) is 4.79 Å². The fraction of sp³-hybridized carbons (Fsp3) is 0.318. The van der Waals surface area contributed by atoms with E-state index in [1.54, 1.807) is 12.1 Å². The van der Waals surface area contributed by atoms with Crippen LogP contribution in [0.1, 0.15) is 42.3 Å². The maximum absolute atomic E-state index is 12.6. The predicted molar refractivity (Wildman–Crippen MR) is 118 cm³/mol. The molecule has 0 fully saturated rings. The molecule has 2 aromatic rings. The van der Waals surface area contributed by atoms with Crippen LogP contribution < -0.4 is 15.5 Å². The number of halogens is 1. The Morgan fingerprint density at radius 1 is 1.17 bits per heavy atom. The van der Waals surface area contributed by atoms with Crippen molar-refractivity contribution in [1.29, 1.82) is 0 Å². The van der Waals surface area contributed by atoms with E-state index in [1.165, 1.54) is 6.21 Å². The van der Waals surface area contributed by atoms with Gasteiger partial charge in [-0.05, 0) is 50.1 Å². The van der Waals surface area contributed by atoms with Crippen LogP contribution in [-0.4, -0.2) is 30.7 Å². The summed E-state index contributed by atoms with van der Waals surface area (Å²) in [5, 5.41) is 6.83. The molecule has 2 N–H and O–H groups in total. The Balaban J connectivity index is 2.06. The summed E-state index contributed by atoms with van der Waals surface area (Å²) in [6.07, 6.45) is 1.52. The summed E-state index contributed by atoms with van der Waals surface area (Å²) in [5.74, 6) is -0.121. The Kier molecular flexibility index (Phi) is 8.39. The molecule has 6 nitrogen and oxygen atoms in total. The van der Waals surface area contributed by atoms with Gasteiger partial charge < -0.3 is 10.1 Å². The molecule has 0 saturated carbocycles. The van der Waals surface area contributed by atoms with Gasteiger partial charge in [-0.25, -0.2) is 5.43 Å². The average Bonchev–Trinajstić information content (AvgIpc) is 2.68. The van der Waals surface area contributed by atoms with Crippen molar-refractivity contribution in [2.45, 2.75) is 33.7 Å². The zero-order valence-corrected chi connectivity index (χ0v) is 18.6. The van der Waals surface area contributed by atoms with Crippen LogP contribution in [0.2, 0.25) is 0 Å². The molecule has 0 aliphatic heterocycles. The molecule has 0 bridgehead atoms. The number of carbonyl (C=O) groups excluding carboxylic acids is 2. The molecule has 29 heavy (non-hydrogen) atoms. The number of ether oxygens (including phenoxy) is 1. The molecule has 7 heteroatoms. The van der Waals surface area contributed by atoms with Gasteiger partial charge >= 0.3 is 0 Å². The third-order valence-corrected chi connectivity index (χ3v) is 4.69. The molecule has 0 radical (unpaired) electrons. The molecule has 0 aliphatic rings. The smallest absolute Gasteiger partial charge is 0.262 e. The molecule has 2 rings (SSSR count). The maximum atomic E-state index is 12.6. The third kappa shape index (κ3) is 6.71. The van der Waals surface area contributed by atoms with Crippen molar-refractivity contribution in [1.82, 2.24) is 10.7 Å². The minimum atomic E-state index is -0.713. The van der Waals surface area contributed by atoms with E-state index in [1.807, 2.05) is 58.0 Å². The van der Waals surface area contributed by atoms with Crippen LogP contribution in [0.15, 0.2) is 52.0 Å². The number of rotatable bonds is 8. The molecule has 154 valence electrons. The summed E-state index contributed by atoms with van der Waals surface area (Å²) >= 11 is 3.41. The van der Waals surface area contributed by atoms with Gasteiger partial charge in [0.05, 0.1) is 12.8 Å². The first-order valence-corrected chi connectivity index (χ1v) is 10.2. The summed E-state index contributed by atoms with van der Waals surface area (Å²) in [4.78, 5) is 25.1. The van der Waals surface area contributed by atoms with E-state index < -0.39 is 6.04 Å². The molecule has 0 saturated heterocycles. The van der Waals surface area contributed by atoms with Gasteiger partial charge in [0, 0.05) is 15.6 Å². The summed E-state index contributed by atoms with van der Waals surface area (Å²) in [6, 6.07) is 12.0. The van der Waals surface area contributed by atoms with Gasteiger partial charge in [-0.15, -0.1) is 0 Å². The van der Waals surface area contributed by atoms with E-state index in [-0.39, 0.29) is 17.7 Å². The molecular weight excluding hydrogens is 434 g/mol. The fourth-order valence-electron chi connectivity index (χ4n) is 2.61. The highest BCUT2D eigenvalue weighted by molar-refractivity contribution is 9.10. The van der Waals surface area contributed by atoms with E-state index in [4.69, 9.17) is 4.74 Å². The van der Waals surface area contributed by atoms with E-state index in [0.717, 1.165) is 15.6 Å². The first-order valence-electron chi connectivity index (χ1n) is 9.44. The maximum Gasteiger partial charge on any atom is 0.262 e. The lowest BCUT2D eigenvalue weighted by Crippen LogP contribution is -2.48. The first-order chi connectivity index (χ1) is 13.8. The second-order valence-electron chi connectivity index (χ2n) is 6.91. The second kappa shape index (κ2) is 10.8. The average molecular weight is 460 g/mol. The van der Waals surface area contributed by atoms with Crippen molar-refractivity contribution in [3.63, 3.8) is 0 Å². The minimum Gasteiger partial charge on any atom is -0.493 e. The van der Waals surface area contributed by atoms with Gasteiger partial charge in [0.15, 0.2) is 0 Å². The number of benzene rings is 2. The normalized spacial score (nSPS) is 12.1. The lowest BCUT2D eigenvalue weighted by Gasteiger charge is -2.20. The van der Waals surface area contributed by atoms with Crippen LogP contribution in [0.5, 0.6) is 5.75 Å². The van der Waals surface area contributed by atoms with Gasteiger partial charge in [0.25, 0.3) is 11.8 Å². The molecule has 2 amide bonds. The SMILES string of the molecule is CCOc1ccc(Br)cc1C=NNC(=O)C(NC(=O)c1ccc(C)cc1)C(C)C. The Morgan fingerprint density at radius 3 is 2.48 bits per heavy atom. The van der Waals surface area contributed by atoms with Crippen LogP contribution >= 0.6 is 15.9 Å². The van der Waals surface area contributed by atoms with Crippen molar-refractivity contribution in [2.75, 3.05) is 6.61 Å². The van der Waals surface area contributed by atoms with Gasteiger partial charge in [0.2, 0.25) is 0 Å². The Labute approximate surface area is 179 Å². The van der Waals surface area contributed by atoms with E-state index in [9.17, 15) is 9.59 Å². The van der Waals surface area contributed by atoms with E-state index in [2.05, 4.69) is 31.8 Å². The molecule has 0 heterocycles. The molecule has 0 aliphatic carbocycles. The lowest BCUT2D eigenvalue weighted by molar-refractivity contribution is -0.123. The third-order valence-electron chi connectivity index (χ3n) is 4.20. The summed E-state index contributed by atoms with van der Waals surface area (Å²) in [5.41, 5.74) is 4.81. The molecule has 1 atom stereocenters. The fourth-order valence-corrected chi connectivity index (χ4v) is 2.99. The standard InChI is InChI=1S/C22H26BrN3O3/c1-5-29-19-11-10-18(23)12-17(19)13-24-26-22(28)20(14(2)3)25-21(27)16-8-6-15(4)7-9-16/h6-14,20H,5H2,1-4H3,(H,25,27)(H,26,28). The highest BCUT2D eigenvalue weighted by atomic mass is 79.9. The number of hydrogen-bond acceptors (Lipinski definition) is 4. The lowest BCUT2D eigenvalue weighted by atomic mass is 10.0. The summed E-state index contributed by atoms with van der Waals surface area (Å²) in [7, 11) is 0. The molecule has 0 spiro atoms. The monoisotopic (exact) mass is 459 g/mol. The number of hydrogen-bond donors (Lipinski definition) is 2. The van der Waals surface area contributed by atoms with Crippen molar-refractivity contribution >= 4 is 34.0 Å². The Bertz CT molecular complexity index is 879. The molecular formula is C22H26BrN3O3. The largest absolute Gasteiger partial charge is 0.493 e.